The van der Waals surface area contributed by atoms with E-state index in [9.17, 15) is 53.1 Å². The SMILES string of the molecule is COc1cc2c(cc1OCCCOc1cc3c(cc1C)C(=O)N1CC4(CC4)C[C@H]1C(O)N3C(=O)OCc1ccc(CC(=O)[C@H](CCCCNC(=O)OCC(Cl)(Cl)Cl)NC(=O)[C@@H](CC(=O)CNC(=O)CCC(=O)CCC(=O)N3Cc4ccccc4C#Cc4ccccc43)C(C)C)cc1)CC[C@@H]1CC(c3ccc(C)cc3)=CN1C2=O. The van der Waals surface area contributed by atoms with E-state index in [1.165, 1.54) is 12.7 Å². The van der Waals surface area contributed by atoms with Gasteiger partial charge in [-0.2, -0.15) is 0 Å². The van der Waals surface area contributed by atoms with Crippen molar-refractivity contribution < 1.29 is 76.7 Å². The van der Waals surface area contributed by atoms with Gasteiger partial charge in [-0.05, 0) is 158 Å². The second-order valence-corrected chi connectivity index (χ2v) is 33.0. The molecule has 26 heteroatoms. The first kappa shape index (κ1) is 82.2. The molecule has 5 atom stereocenters. The number of unbranched alkanes of at least 4 members (excludes halogenated alkanes) is 1. The minimum Gasteiger partial charge on any atom is -0.493 e. The number of hydrogen-bond acceptors (Lipinski definition) is 16. The molecule has 1 saturated carbocycles. The van der Waals surface area contributed by atoms with Gasteiger partial charge in [0.25, 0.3) is 11.8 Å². The number of methoxy groups -OCH3 is 1. The Labute approximate surface area is 672 Å². The number of aryl methyl sites for hydroxylation is 3. The summed E-state index contributed by atoms with van der Waals surface area (Å²) in [6.45, 7) is 7.43. The van der Waals surface area contributed by atoms with Crippen molar-refractivity contribution in [1.82, 2.24) is 25.8 Å². The van der Waals surface area contributed by atoms with E-state index in [0.29, 0.717) is 89.4 Å². The molecule has 12 rings (SSSR count). The van der Waals surface area contributed by atoms with E-state index in [0.717, 1.165) is 58.4 Å². The van der Waals surface area contributed by atoms with Crippen molar-refractivity contribution in [2.75, 3.05) is 56.4 Å². The average Bonchev–Trinajstić information content (AvgIpc) is 1.56. The fourth-order valence-electron chi connectivity index (χ4n) is 15.2. The number of para-hydroxylation sites is 1. The van der Waals surface area contributed by atoms with Crippen LogP contribution in [0.5, 0.6) is 17.2 Å². The maximum atomic E-state index is 14.6. The lowest BCUT2D eigenvalue weighted by molar-refractivity contribution is -0.133. The largest absolute Gasteiger partial charge is 0.493 e. The third-order valence-electron chi connectivity index (χ3n) is 21.8. The summed E-state index contributed by atoms with van der Waals surface area (Å²) in [7, 11) is 1.54. The van der Waals surface area contributed by atoms with Crippen LogP contribution in [0, 0.1) is 42.9 Å². The minimum absolute atomic E-state index is 0.0335. The van der Waals surface area contributed by atoms with Crippen LogP contribution in [0.2, 0.25) is 0 Å². The van der Waals surface area contributed by atoms with Crippen LogP contribution in [-0.4, -0.2) is 149 Å². The molecule has 0 bridgehead atoms. The molecule has 6 aromatic rings. The zero-order valence-corrected chi connectivity index (χ0v) is 66.3. The van der Waals surface area contributed by atoms with Crippen LogP contribution < -0.4 is 40.0 Å². The number of carbonyl (C=O) groups excluding carboxylic acids is 10. The van der Waals surface area contributed by atoms with E-state index >= 15 is 0 Å². The van der Waals surface area contributed by atoms with E-state index in [2.05, 4.69) is 59.0 Å². The van der Waals surface area contributed by atoms with Gasteiger partial charge in [0.1, 0.15) is 24.7 Å². The molecule has 594 valence electrons. The summed E-state index contributed by atoms with van der Waals surface area (Å²) < 4.78 is 27.6. The highest BCUT2D eigenvalue weighted by molar-refractivity contribution is 6.67. The molecule has 5 aliphatic heterocycles. The molecule has 4 N–H and O–H groups in total. The molecule has 2 fully saturated rings. The summed E-state index contributed by atoms with van der Waals surface area (Å²) in [6, 6.07) is 35.2. The van der Waals surface area contributed by atoms with Crippen LogP contribution in [0.3, 0.4) is 0 Å². The number of nitrogens with one attached hydrogen (secondary N) is 3. The molecule has 1 spiro atoms. The molecule has 23 nitrogen and oxygen atoms in total. The summed E-state index contributed by atoms with van der Waals surface area (Å²) in [5, 5.41) is 20.3. The van der Waals surface area contributed by atoms with Gasteiger partial charge in [-0.3, -0.25) is 38.4 Å². The number of carbonyl (C=O) groups is 10. The Hall–Kier alpha value is -10.3. The van der Waals surface area contributed by atoms with Gasteiger partial charge < -0.3 is 59.4 Å². The smallest absolute Gasteiger partial charge is 0.416 e. The summed E-state index contributed by atoms with van der Waals surface area (Å²) in [5.41, 5.74) is 9.78. The molecule has 6 aromatic carbocycles. The molecular formula is C87H94Cl3N7O16. The number of amides is 7. The molecule has 1 unspecified atom stereocenters. The first-order chi connectivity index (χ1) is 54.2. The molecule has 6 aliphatic rings. The number of aliphatic hydroxyl groups excluding tert-OH is 1. The van der Waals surface area contributed by atoms with Gasteiger partial charge in [-0.15, -0.1) is 0 Å². The summed E-state index contributed by atoms with van der Waals surface area (Å²) in [5.74, 6) is 3.40. The van der Waals surface area contributed by atoms with Gasteiger partial charge >= 0.3 is 12.2 Å². The first-order valence-corrected chi connectivity index (χ1v) is 39.7. The third kappa shape index (κ3) is 20.8. The van der Waals surface area contributed by atoms with Crippen LogP contribution in [-0.2, 0) is 64.2 Å². The highest BCUT2D eigenvalue weighted by Gasteiger charge is 2.58. The van der Waals surface area contributed by atoms with Crippen molar-refractivity contribution in [3.63, 3.8) is 0 Å². The molecule has 113 heavy (non-hydrogen) atoms. The van der Waals surface area contributed by atoms with Crippen LogP contribution in [0.4, 0.5) is 21.0 Å². The molecule has 7 amide bonds. The van der Waals surface area contributed by atoms with E-state index in [1.54, 1.807) is 66.1 Å². The van der Waals surface area contributed by atoms with Crippen molar-refractivity contribution >= 4 is 111 Å². The predicted molar refractivity (Wildman–Crippen MR) is 427 cm³/mol. The van der Waals surface area contributed by atoms with E-state index in [1.807, 2.05) is 72.6 Å². The lowest BCUT2D eigenvalue weighted by Gasteiger charge is -2.31. The zero-order chi connectivity index (χ0) is 80.3. The lowest BCUT2D eigenvalue weighted by atomic mass is 9.89. The van der Waals surface area contributed by atoms with Crippen LogP contribution in [0.1, 0.15) is 175 Å². The predicted octanol–water partition coefficient (Wildman–Crippen LogP) is 13.1. The van der Waals surface area contributed by atoms with Gasteiger partial charge in [0.15, 0.2) is 29.3 Å². The van der Waals surface area contributed by atoms with E-state index < -0.39 is 76.9 Å². The zero-order valence-electron chi connectivity index (χ0n) is 64.1. The number of benzene rings is 6. The number of alkyl halides is 3. The second-order valence-electron chi connectivity index (χ2n) is 30.5. The van der Waals surface area contributed by atoms with E-state index in [4.69, 9.17) is 58.5 Å². The quantitative estimate of drug-likeness (QED) is 0.0173. The number of aliphatic hydroxyl groups is 1. The standard InChI is InChI=1S/C87H94Cl3N7O16/c1-53(2)67(43-66(99)47-92-78(101)32-30-65(98)31-33-79(102)95-48-62-15-7-6-13-58(62)26-27-60-14-8-9-17-71(60)95)80(103)93-70(16-10-11-36-91-84(107)113-52-87(88,89)90)74(100)40-56-20-22-57(23-21-56)50-112-85(108)97-72-45-75(55(4)39-69(72)82(105)96-51-86(34-35-86)46-73(96)83(97)106)110-37-12-38-111-77-42-61-28-29-64-41-63(59-24-18-54(3)19-25-59)49-94(64)81(104)68(61)44-76(77)109-5/h6-9,13-15,17-25,39,42,44-45,49,53,64,67,70,73,83,106H,10-12,16,28-38,40-41,43,46-48,50-52H2,1-5H3,(H,91,107)(H,92,101)(H,93,103)/t64-,67+,70+,73+,83?/m1/s1. The van der Waals surface area contributed by atoms with Crippen LogP contribution in [0.25, 0.3) is 5.57 Å². The molecule has 0 aromatic heterocycles. The van der Waals surface area contributed by atoms with Crippen LogP contribution in [0.15, 0.2) is 128 Å². The van der Waals surface area contributed by atoms with Crippen LogP contribution >= 0.6 is 34.8 Å². The first-order valence-electron chi connectivity index (χ1n) is 38.5. The Bertz CT molecular complexity index is 4720. The van der Waals surface area contributed by atoms with Crippen molar-refractivity contribution in [2.24, 2.45) is 17.3 Å². The highest BCUT2D eigenvalue weighted by Crippen LogP contribution is 2.57. The number of hydrogen-bond donors (Lipinski definition) is 4. The fraction of sp³-hybridized carbons (Fsp3) is 0.425. The van der Waals surface area contributed by atoms with Gasteiger partial charge in [0, 0.05) is 99.0 Å². The van der Waals surface area contributed by atoms with Crippen molar-refractivity contribution in [1.29, 1.82) is 0 Å². The monoisotopic (exact) mass is 1600 g/mol. The number of alkyl carbamates (subject to hydrolysis) is 1. The summed E-state index contributed by atoms with van der Waals surface area (Å²) in [4.78, 5) is 144. The molecular weight excluding hydrogens is 1510 g/mol. The van der Waals surface area contributed by atoms with Gasteiger partial charge in [-0.1, -0.05) is 145 Å². The number of rotatable bonds is 32. The summed E-state index contributed by atoms with van der Waals surface area (Å²) in [6.07, 6.45) is 3.51. The lowest BCUT2D eigenvalue weighted by Crippen LogP contribution is -2.50. The number of halogens is 3. The topological polar surface area (TPSA) is 286 Å². The van der Waals surface area contributed by atoms with Crippen molar-refractivity contribution in [3.8, 4) is 29.1 Å². The average molecular weight is 1600 g/mol. The van der Waals surface area contributed by atoms with Gasteiger partial charge in [0.05, 0.1) is 62.4 Å². The van der Waals surface area contributed by atoms with E-state index in [-0.39, 0.29) is 130 Å². The second kappa shape index (κ2) is 36.7. The molecule has 1 aliphatic carbocycles. The Morgan fingerprint density at radius 1 is 0.717 bits per heavy atom. The Morgan fingerprint density at radius 3 is 2.16 bits per heavy atom. The van der Waals surface area contributed by atoms with Gasteiger partial charge in [-0.25, -0.2) is 14.5 Å². The Kier molecular flexibility index (Phi) is 26.7. The maximum Gasteiger partial charge on any atom is 0.416 e. The normalized spacial score (nSPS) is 17.5. The van der Waals surface area contributed by atoms with Crippen molar-refractivity contribution in [3.05, 3.63) is 189 Å². The number of nitrogens with zero attached hydrogens (tertiary/aromatic N) is 4. The molecule has 1 saturated heterocycles. The van der Waals surface area contributed by atoms with Crippen molar-refractivity contribution in [2.45, 2.75) is 172 Å². The number of fused-ring (bicyclic) bond motifs is 6. The summed E-state index contributed by atoms with van der Waals surface area (Å²) >= 11 is 17.2. The number of ether oxygens (including phenoxy) is 5. The number of ketones is 3. The molecule has 5 heterocycles. The fourth-order valence-corrected chi connectivity index (χ4v) is 15.4. The highest BCUT2D eigenvalue weighted by atomic mass is 35.6. The maximum absolute atomic E-state index is 14.6. The third-order valence-corrected chi connectivity index (χ3v) is 22.2. The number of Topliss-reactive ketones (excluding diaryl/α,β-unsaturated/α-hetero) is 3. The minimum atomic E-state index is -1.82. The molecule has 0 radical (unpaired) electrons. The number of anilines is 2. The Balaban J connectivity index is 0.643. The Morgan fingerprint density at radius 2 is 1.42 bits per heavy atom. The van der Waals surface area contributed by atoms with Gasteiger partial charge in [0.2, 0.25) is 21.5 Å².